The summed E-state index contributed by atoms with van der Waals surface area (Å²) in [4.78, 5) is 0. The number of hydrogen-bond acceptors (Lipinski definition) is 3. The number of nitrogens with one attached hydrogen (secondary N) is 1. The van der Waals surface area contributed by atoms with E-state index >= 15 is 0 Å². The maximum absolute atomic E-state index is 6.36. The standard InChI is InChI=1S/C18H21NO2/c1-13-7-3-5-9-16(13)21-18-14(11-19-2)12-20-17-10-6-4-8-15(17)18/h3-10,14,18-19H,11-12H2,1-2H3. The van der Waals surface area contributed by atoms with Crippen molar-refractivity contribution >= 4 is 0 Å². The SMILES string of the molecule is CNCC1COc2ccccc2C1Oc1ccccc1C. The van der Waals surface area contributed by atoms with Gasteiger partial charge >= 0.3 is 0 Å². The molecule has 2 aromatic carbocycles. The Morgan fingerprint density at radius 1 is 1.14 bits per heavy atom. The van der Waals surface area contributed by atoms with Gasteiger partial charge in [0.25, 0.3) is 0 Å². The van der Waals surface area contributed by atoms with Gasteiger partial charge in [-0.25, -0.2) is 0 Å². The van der Waals surface area contributed by atoms with E-state index in [4.69, 9.17) is 9.47 Å². The zero-order valence-corrected chi connectivity index (χ0v) is 12.5. The van der Waals surface area contributed by atoms with Crippen molar-refractivity contribution in [2.45, 2.75) is 13.0 Å². The lowest BCUT2D eigenvalue weighted by Gasteiger charge is -2.34. The fraction of sp³-hybridized carbons (Fsp3) is 0.333. The van der Waals surface area contributed by atoms with Gasteiger partial charge in [0.1, 0.15) is 17.6 Å². The second kappa shape index (κ2) is 6.19. The average Bonchev–Trinajstić information content (AvgIpc) is 2.52. The molecule has 0 fully saturated rings. The van der Waals surface area contributed by atoms with Crippen molar-refractivity contribution in [2.75, 3.05) is 20.2 Å². The summed E-state index contributed by atoms with van der Waals surface area (Å²) in [6.07, 6.45) is 0.0171. The van der Waals surface area contributed by atoms with Gasteiger partial charge < -0.3 is 14.8 Å². The Kier molecular flexibility index (Phi) is 4.11. The summed E-state index contributed by atoms with van der Waals surface area (Å²) in [6, 6.07) is 16.3. The first-order chi connectivity index (χ1) is 10.3. The first-order valence-electron chi connectivity index (χ1n) is 7.38. The van der Waals surface area contributed by atoms with Crippen LogP contribution in [0.3, 0.4) is 0 Å². The van der Waals surface area contributed by atoms with Gasteiger partial charge in [0.05, 0.1) is 6.61 Å². The maximum Gasteiger partial charge on any atom is 0.135 e. The molecule has 0 amide bonds. The van der Waals surface area contributed by atoms with Crippen LogP contribution in [-0.4, -0.2) is 20.2 Å². The molecule has 0 saturated carbocycles. The molecular weight excluding hydrogens is 262 g/mol. The minimum atomic E-state index is 0.0171. The number of hydrogen-bond donors (Lipinski definition) is 1. The molecule has 0 aliphatic carbocycles. The van der Waals surface area contributed by atoms with E-state index in [-0.39, 0.29) is 6.10 Å². The van der Waals surface area contributed by atoms with Crippen LogP contribution in [0.15, 0.2) is 48.5 Å². The van der Waals surface area contributed by atoms with E-state index in [1.54, 1.807) is 0 Å². The van der Waals surface area contributed by atoms with Crippen LogP contribution in [0.2, 0.25) is 0 Å². The van der Waals surface area contributed by atoms with Crippen LogP contribution in [0.5, 0.6) is 11.5 Å². The van der Waals surface area contributed by atoms with E-state index < -0.39 is 0 Å². The topological polar surface area (TPSA) is 30.5 Å². The van der Waals surface area contributed by atoms with Crippen LogP contribution < -0.4 is 14.8 Å². The van der Waals surface area contributed by atoms with Crippen LogP contribution in [0.1, 0.15) is 17.2 Å². The maximum atomic E-state index is 6.36. The fourth-order valence-electron chi connectivity index (χ4n) is 2.80. The molecule has 0 radical (unpaired) electrons. The number of ether oxygens (including phenoxy) is 2. The summed E-state index contributed by atoms with van der Waals surface area (Å²) in [5, 5.41) is 3.24. The van der Waals surface area contributed by atoms with Gasteiger partial charge in [-0.15, -0.1) is 0 Å². The van der Waals surface area contributed by atoms with Crippen molar-refractivity contribution in [2.24, 2.45) is 5.92 Å². The van der Waals surface area contributed by atoms with Gasteiger partial charge in [-0.1, -0.05) is 36.4 Å². The minimum Gasteiger partial charge on any atom is -0.493 e. The van der Waals surface area contributed by atoms with E-state index in [0.717, 1.165) is 29.2 Å². The highest BCUT2D eigenvalue weighted by Gasteiger charge is 2.32. The predicted octanol–water partition coefficient (Wildman–Crippen LogP) is 3.34. The lowest BCUT2D eigenvalue weighted by atomic mass is 9.93. The molecule has 3 nitrogen and oxygen atoms in total. The molecular formula is C18H21NO2. The average molecular weight is 283 g/mol. The fourth-order valence-corrected chi connectivity index (χ4v) is 2.80. The van der Waals surface area contributed by atoms with Crippen LogP contribution in [0.25, 0.3) is 0 Å². The van der Waals surface area contributed by atoms with Gasteiger partial charge in [0.15, 0.2) is 0 Å². The normalized spacial score (nSPS) is 20.5. The second-order valence-electron chi connectivity index (χ2n) is 5.47. The molecule has 0 spiro atoms. The van der Waals surface area contributed by atoms with Gasteiger partial charge in [-0.05, 0) is 31.7 Å². The van der Waals surface area contributed by atoms with Crippen LogP contribution in [0, 0.1) is 12.8 Å². The molecule has 1 aliphatic heterocycles. The summed E-state index contributed by atoms with van der Waals surface area (Å²) in [5.74, 6) is 2.17. The van der Waals surface area contributed by atoms with Crippen LogP contribution in [-0.2, 0) is 0 Å². The summed E-state index contributed by atoms with van der Waals surface area (Å²) in [6.45, 7) is 3.62. The molecule has 2 atom stereocenters. The second-order valence-corrected chi connectivity index (χ2v) is 5.47. The lowest BCUT2D eigenvalue weighted by Crippen LogP contribution is -2.36. The van der Waals surface area contributed by atoms with Gasteiger partial charge in [-0.3, -0.25) is 0 Å². The molecule has 0 bridgehead atoms. The van der Waals surface area contributed by atoms with Crippen molar-refractivity contribution < 1.29 is 9.47 Å². The van der Waals surface area contributed by atoms with Gasteiger partial charge in [0.2, 0.25) is 0 Å². The third kappa shape index (κ3) is 2.88. The number of aryl methyl sites for hydroxylation is 1. The predicted molar refractivity (Wildman–Crippen MR) is 83.9 cm³/mol. The lowest BCUT2D eigenvalue weighted by molar-refractivity contribution is 0.0699. The Morgan fingerprint density at radius 3 is 2.71 bits per heavy atom. The van der Waals surface area contributed by atoms with Crippen molar-refractivity contribution in [3.05, 3.63) is 59.7 Å². The molecule has 2 aromatic rings. The zero-order valence-electron chi connectivity index (χ0n) is 12.5. The molecule has 2 unspecified atom stereocenters. The van der Waals surface area contributed by atoms with E-state index in [1.807, 2.05) is 43.4 Å². The Labute approximate surface area is 125 Å². The highest BCUT2D eigenvalue weighted by molar-refractivity contribution is 5.39. The number of benzene rings is 2. The molecule has 3 rings (SSSR count). The number of para-hydroxylation sites is 2. The van der Waals surface area contributed by atoms with Gasteiger partial charge in [0, 0.05) is 18.0 Å². The molecule has 0 saturated heterocycles. The highest BCUT2D eigenvalue weighted by Crippen LogP contribution is 2.38. The van der Waals surface area contributed by atoms with Crippen molar-refractivity contribution in [3.8, 4) is 11.5 Å². The van der Waals surface area contributed by atoms with Crippen molar-refractivity contribution in [1.29, 1.82) is 0 Å². The highest BCUT2D eigenvalue weighted by atomic mass is 16.5. The molecule has 1 heterocycles. The van der Waals surface area contributed by atoms with Gasteiger partial charge in [-0.2, -0.15) is 0 Å². The van der Waals surface area contributed by atoms with Crippen molar-refractivity contribution in [1.82, 2.24) is 5.32 Å². The molecule has 1 aliphatic rings. The van der Waals surface area contributed by atoms with E-state index in [2.05, 4.69) is 24.4 Å². The molecule has 1 N–H and O–H groups in total. The van der Waals surface area contributed by atoms with E-state index in [0.29, 0.717) is 12.5 Å². The molecule has 110 valence electrons. The third-order valence-corrected chi connectivity index (χ3v) is 3.92. The summed E-state index contributed by atoms with van der Waals surface area (Å²) >= 11 is 0. The van der Waals surface area contributed by atoms with Crippen molar-refractivity contribution in [3.63, 3.8) is 0 Å². The Balaban J connectivity index is 1.93. The van der Waals surface area contributed by atoms with E-state index in [9.17, 15) is 0 Å². The first-order valence-corrected chi connectivity index (χ1v) is 7.38. The summed E-state index contributed by atoms with van der Waals surface area (Å²) in [5.41, 5.74) is 2.29. The number of rotatable bonds is 4. The summed E-state index contributed by atoms with van der Waals surface area (Å²) in [7, 11) is 1.96. The zero-order chi connectivity index (χ0) is 14.7. The number of fused-ring (bicyclic) bond motifs is 1. The Morgan fingerprint density at radius 2 is 1.90 bits per heavy atom. The Hall–Kier alpha value is -2.00. The monoisotopic (exact) mass is 283 g/mol. The summed E-state index contributed by atoms with van der Waals surface area (Å²) < 4.78 is 12.2. The molecule has 21 heavy (non-hydrogen) atoms. The third-order valence-electron chi connectivity index (χ3n) is 3.92. The first kappa shape index (κ1) is 14.0. The van der Waals surface area contributed by atoms with Crippen LogP contribution >= 0.6 is 0 Å². The largest absolute Gasteiger partial charge is 0.493 e. The Bertz CT molecular complexity index is 612. The quantitative estimate of drug-likeness (QED) is 0.933. The minimum absolute atomic E-state index is 0.0171. The molecule has 0 aromatic heterocycles. The smallest absolute Gasteiger partial charge is 0.135 e. The molecule has 3 heteroatoms. The van der Waals surface area contributed by atoms with Crippen LogP contribution in [0.4, 0.5) is 0 Å². The van der Waals surface area contributed by atoms with E-state index in [1.165, 1.54) is 0 Å².